The maximum atomic E-state index is 9.41. The van der Waals surface area contributed by atoms with E-state index in [1.807, 2.05) is 12.1 Å². The molecule has 0 bridgehead atoms. The molecule has 0 atom stereocenters. The standard InChI is InChI=1S/C12H18N2O.C4H4O4/c1-15-12-4-2-11(3-5-12)10-14-8-6-13-7-9-14;5-3(6)1-2-4(7)8/h2-5,13H,6-10H2,1H3;1-2H,(H,5,6)(H,7,8)/p-2/b;2-1-. The zero-order chi connectivity index (χ0) is 17.1. The summed E-state index contributed by atoms with van der Waals surface area (Å²) in [5, 5.41) is 22.2. The van der Waals surface area contributed by atoms with E-state index in [9.17, 15) is 19.8 Å². The van der Waals surface area contributed by atoms with Crippen molar-refractivity contribution < 1.29 is 24.5 Å². The van der Waals surface area contributed by atoms with Gasteiger partial charge in [-0.2, -0.15) is 0 Å². The van der Waals surface area contributed by atoms with Crippen LogP contribution in [0.4, 0.5) is 0 Å². The third-order valence-electron chi connectivity index (χ3n) is 3.13. The molecule has 7 nitrogen and oxygen atoms in total. The highest BCUT2D eigenvalue weighted by Gasteiger charge is 2.09. The highest BCUT2D eigenvalue weighted by Crippen LogP contribution is 2.13. The molecule has 0 amide bonds. The summed E-state index contributed by atoms with van der Waals surface area (Å²) in [5.41, 5.74) is 1.36. The summed E-state index contributed by atoms with van der Waals surface area (Å²) in [5.74, 6) is -2.16. The zero-order valence-corrected chi connectivity index (χ0v) is 13.0. The van der Waals surface area contributed by atoms with Crippen molar-refractivity contribution in [3.05, 3.63) is 42.0 Å². The number of nitrogens with zero attached hydrogens (tertiary/aromatic N) is 1. The van der Waals surface area contributed by atoms with Gasteiger partial charge in [-0.05, 0) is 29.8 Å². The summed E-state index contributed by atoms with van der Waals surface area (Å²) >= 11 is 0. The summed E-state index contributed by atoms with van der Waals surface area (Å²) in [6.45, 7) is 5.55. The number of hydrogen-bond donors (Lipinski definition) is 1. The van der Waals surface area contributed by atoms with Gasteiger partial charge in [0.05, 0.1) is 19.0 Å². The van der Waals surface area contributed by atoms with Gasteiger partial charge in [-0.25, -0.2) is 0 Å². The minimum absolute atomic E-state index is 0.384. The lowest BCUT2D eigenvalue weighted by Crippen LogP contribution is -2.42. The van der Waals surface area contributed by atoms with E-state index in [-0.39, 0.29) is 0 Å². The molecule has 0 saturated carbocycles. The molecule has 0 spiro atoms. The topological polar surface area (TPSA) is 105 Å². The quantitative estimate of drug-likeness (QED) is 0.635. The average molecular weight is 320 g/mol. The van der Waals surface area contributed by atoms with Crippen LogP contribution in [0.25, 0.3) is 0 Å². The highest BCUT2D eigenvalue weighted by atomic mass is 16.5. The lowest BCUT2D eigenvalue weighted by Gasteiger charge is -2.27. The minimum Gasteiger partial charge on any atom is -0.545 e. The number of carboxylic acids is 2. The first-order valence-electron chi connectivity index (χ1n) is 7.17. The second-order valence-corrected chi connectivity index (χ2v) is 4.85. The Bertz CT molecular complexity index is 506. The van der Waals surface area contributed by atoms with Gasteiger partial charge < -0.3 is 29.9 Å². The van der Waals surface area contributed by atoms with E-state index in [1.165, 1.54) is 5.56 Å². The van der Waals surface area contributed by atoms with Crippen LogP contribution in [0.2, 0.25) is 0 Å². The molecule has 1 heterocycles. The largest absolute Gasteiger partial charge is 0.545 e. The molecule has 126 valence electrons. The van der Waals surface area contributed by atoms with Gasteiger partial charge in [0.2, 0.25) is 0 Å². The van der Waals surface area contributed by atoms with Crippen molar-refractivity contribution in [2.45, 2.75) is 6.54 Å². The fraction of sp³-hybridized carbons (Fsp3) is 0.375. The summed E-state index contributed by atoms with van der Waals surface area (Å²) in [6, 6.07) is 8.33. The molecule has 1 fully saturated rings. The van der Waals surface area contributed by atoms with Crippen LogP contribution in [0, 0.1) is 0 Å². The molecule has 1 N–H and O–H groups in total. The number of carbonyl (C=O) groups is 2. The van der Waals surface area contributed by atoms with Crippen molar-refractivity contribution in [1.29, 1.82) is 0 Å². The molecule has 1 saturated heterocycles. The second-order valence-electron chi connectivity index (χ2n) is 4.85. The van der Waals surface area contributed by atoms with Crippen molar-refractivity contribution in [3.63, 3.8) is 0 Å². The Hall–Kier alpha value is -2.38. The van der Waals surface area contributed by atoms with Crippen LogP contribution in [-0.2, 0) is 16.1 Å². The third kappa shape index (κ3) is 8.60. The fourth-order valence-electron chi connectivity index (χ4n) is 1.99. The summed E-state index contributed by atoms with van der Waals surface area (Å²) < 4.78 is 5.14. The van der Waals surface area contributed by atoms with Crippen LogP contribution in [0.5, 0.6) is 5.75 Å². The average Bonchev–Trinajstić information content (AvgIpc) is 2.55. The zero-order valence-electron chi connectivity index (χ0n) is 13.0. The molecular formula is C16H20N2O5-2. The predicted octanol–water partition coefficient (Wildman–Crippen LogP) is -1.86. The Balaban J connectivity index is 0.000000284. The van der Waals surface area contributed by atoms with E-state index < -0.39 is 11.9 Å². The second kappa shape index (κ2) is 10.4. The third-order valence-corrected chi connectivity index (χ3v) is 3.13. The fourth-order valence-corrected chi connectivity index (χ4v) is 1.99. The van der Waals surface area contributed by atoms with Gasteiger partial charge in [-0.15, -0.1) is 0 Å². The molecule has 0 aliphatic carbocycles. The Labute approximate surface area is 135 Å². The number of piperazine rings is 1. The van der Waals surface area contributed by atoms with Gasteiger partial charge in [0.15, 0.2) is 0 Å². The van der Waals surface area contributed by atoms with Crippen LogP contribution < -0.4 is 20.3 Å². The molecular weight excluding hydrogens is 300 g/mol. The molecule has 1 aliphatic heterocycles. The van der Waals surface area contributed by atoms with Crippen molar-refractivity contribution >= 4 is 11.9 Å². The van der Waals surface area contributed by atoms with Crippen LogP contribution in [0.1, 0.15) is 5.56 Å². The van der Waals surface area contributed by atoms with Crippen molar-refractivity contribution in [1.82, 2.24) is 10.2 Å². The molecule has 23 heavy (non-hydrogen) atoms. The first kappa shape index (κ1) is 18.7. The maximum absolute atomic E-state index is 9.41. The molecule has 7 heteroatoms. The maximum Gasteiger partial charge on any atom is 0.118 e. The van der Waals surface area contributed by atoms with Crippen molar-refractivity contribution in [2.24, 2.45) is 0 Å². The molecule has 1 aliphatic rings. The van der Waals surface area contributed by atoms with Gasteiger partial charge >= 0.3 is 0 Å². The molecule has 0 unspecified atom stereocenters. The van der Waals surface area contributed by atoms with Crippen molar-refractivity contribution in [2.75, 3.05) is 33.3 Å². The molecule has 0 radical (unpaired) electrons. The number of methoxy groups -OCH3 is 1. The number of benzene rings is 1. The predicted molar refractivity (Wildman–Crippen MR) is 80.3 cm³/mol. The van der Waals surface area contributed by atoms with E-state index in [0.717, 1.165) is 38.5 Å². The first-order valence-corrected chi connectivity index (χ1v) is 7.17. The normalized spacial score (nSPS) is 14.8. The van der Waals surface area contributed by atoms with E-state index in [1.54, 1.807) is 7.11 Å². The SMILES string of the molecule is COc1ccc(CN2CCNCC2)cc1.O=C([O-])/C=C\C(=O)[O-]. The summed E-state index contributed by atoms with van der Waals surface area (Å²) in [4.78, 5) is 21.3. The molecule has 0 aromatic heterocycles. The Morgan fingerprint density at radius 1 is 1.13 bits per heavy atom. The number of rotatable bonds is 5. The number of nitrogens with one attached hydrogen (secondary N) is 1. The number of aliphatic carboxylic acids is 2. The van der Waals surface area contributed by atoms with Gasteiger partial charge in [0, 0.05) is 32.7 Å². The van der Waals surface area contributed by atoms with E-state index in [4.69, 9.17) is 4.74 Å². The monoisotopic (exact) mass is 320 g/mol. The first-order chi connectivity index (χ1) is 11.0. The van der Waals surface area contributed by atoms with Crippen LogP contribution in [0.15, 0.2) is 36.4 Å². The molecule has 1 aromatic carbocycles. The lowest BCUT2D eigenvalue weighted by atomic mass is 10.2. The van der Waals surface area contributed by atoms with Gasteiger partial charge in [0.25, 0.3) is 0 Å². The Morgan fingerprint density at radius 2 is 1.65 bits per heavy atom. The number of carbonyl (C=O) groups excluding carboxylic acids is 2. The van der Waals surface area contributed by atoms with Crippen LogP contribution in [-0.4, -0.2) is 50.1 Å². The van der Waals surface area contributed by atoms with Gasteiger partial charge in [-0.3, -0.25) is 4.90 Å². The highest BCUT2D eigenvalue weighted by molar-refractivity contribution is 5.87. The van der Waals surface area contributed by atoms with Crippen molar-refractivity contribution in [3.8, 4) is 5.75 Å². The minimum atomic E-state index is -1.55. The number of carboxylic acid groups (broad SMARTS) is 2. The molecule has 2 rings (SSSR count). The van der Waals surface area contributed by atoms with Crippen LogP contribution in [0.3, 0.4) is 0 Å². The van der Waals surface area contributed by atoms with E-state index in [2.05, 4.69) is 22.3 Å². The van der Waals surface area contributed by atoms with Gasteiger partial charge in [0.1, 0.15) is 5.75 Å². The smallest absolute Gasteiger partial charge is 0.118 e. The van der Waals surface area contributed by atoms with E-state index in [0.29, 0.717) is 12.2 Å². The van der Waals surface area contributed by atoms with Crippen LogP contribution >= 0.6 is 0 Å². The lowest BCUT2D eigenvalue weighted by molar-refractivity contribution is -0.301. The number of hydrogen-bond acceptors (Lipinski definition) is 7. The Morgan fingerprint density at radius 3 is 2.09 bits per heavy atom. The molecule has 1 aromatic rings. The summed E-state index contributed by atoms with van der Waals surface area (Å²) in [6.07, 6.45) is 0.769. The Kier molecular flexibility index (Phi) is 8.41. The summed E-state index contributed by atoms with van der Waals surface area (Å²) in [7, 11) is 1.70. The van der Waals surface area contributed by atoms with Gasteiger partial charge in [-0.1, -0.05) is 12.1 Å². The van der Waals surface area contributed by atoms with E-state index >= 15 is 0 Å². The number of ether oxygens (including phenoxy) is 1.